The van der Waals surface area contributed by atoms with Crippen LogP contribution in [0.1, 0.15) is 19.3 Å². The Bertz CT molecular complexity index is 741. The van der Waals surface area contributed by atoms with Crippen LogP contribution in [0.25, 0.3) is 11.4 Å². The maximum atomic E-state index is 11.9. The number of nitrogens with zero attached hydrogens (tertiary/aromatic N) is 5. The summed E-state index contributed by atoms with van der Waals surface area (Å²) in [5, 5.41) is 17.4. The van der Waals surface area contributed by atoms with Gasteiger partial charge in [0.1, 0.15) is 0 Å². The van der Waals surface area contributed by atoms with Crippen LogP contribution < -0.4 is 10.6 Å². The van der Waals surface area contributed by atoms with Gasteiger partial charge in [-0.25, -0.2) is 4.79 Å². The third-order valence-electron chi connectivity index (χ3n) is 3.97. The number of benzene rings is 1. The van der Waals surface area contributed by atoms with E-state index in [1.165, 1.54) is 4.80 Å². The SMILES string of the molecule is Cn1nnc(-c2ccc(NC(=O)NCCCN3CCCC3=O)cc2)n1. The van der Waals surface area contributed by atoms with Gasteiger partial charge in [-0.2, -0.15) is 4.80 Å². The number of aromatic nitrogens is 4. The molecule has 0 aliphatic carbocycles. The second-order valence-electron chi connectivity index (χ2n) is 5.90. The highest BCUT2D eigenvalue weighted by Gasteiger charge is 2.18. The van der Waals surface area contributed by atoms with Gasteiger partial charge < -0.3 is 15.5 Å². The number of likely N-dealkylation sites (tertiary alicyclic amines) is 1. The van der Waals surface area contributed by atoms with E-state index in [4.69, 9.17) is 0 Å². The van der Waals surface area contributed by atoms with E-state index in [0.717, 1.165) is 24.9 Å². The molecule has 1 saturated heterocycles. The van der Waals surface area contributed by atoms with Crippen molar-refractivity contribution in [3.63, 3.8) is 0 Å². The van der Waals surface area contributed by atoms with Crippen molar-refractivity contribution >= 4 is 17.6 Å². The smallest absolute Gasteiger partial charge is 0.319 e. The Morgan fingerprint density at radius 3 is 2.72 bits per heavy atom. The van der Waals surface area contributed by atoms with Crippen molar-refractivity contribution in [3.8, 4) is 11.4 Å². The summed E-state index contributed by atoms with van der Waals surface area (Å²) in [6.45, 7) is 2.05. The number of hydrogen-bond acceptors (Lipinski definition) is 5. The molecule has 1 aromatic carbocycles. The van der Waals surface area contributed by atoms with Crippen LogP contribution in [-0.4, -0.2) is 56.7 Å². The molecule has 0 atom stereocenters. The second-order valence-corrected chi connectivity index (χ2v) is 5.90. The minimum absolute atomic E-state index is 0.210. The van der Waals surface area contributed by atoms with Crippen molar-refractivity contribution in [1.82, 2.24) is 30.4 Å². The molecule has 2 aromatic rings. The van der Waals surface area contributed by atoms with Gasteiger partial charge in [-0.3, -0.25) is 4.79 Å². The first-order valence-electron chi connectivity index (χ1n) is 8.29. The molecule has 9 nitrogen and oxygen atoms in total. The predicted octanol–water partition coefficient (Wildman–Crippen LogP) is 1.01. The monoisotopic (exact) mass is 343 g/mol. The molecule has 3 rings (SSSR count). The number of hydrogen-bond donors (Lipinski definition) is 2. The van der Waals surface area contributed by atoms with Crippen LogP contribution in [0, 0.1) is 0 Å². The number of aryl methyl sites for hydroxylation is 1. The number of tetrazole rings is 1. The fraction of sp³-hybridized carbons (Fsp3) is 0.438. The van der Waals surface area contributed by atoms with Crippen molar-refractivity contribution in [2.24, 2.45) is 7.05 Å². The van der Waals surface area contributed by atoms with Gasteiger partial charge in [-0.15, -0.1) is 10.2 Å². The standard InChI is InChI=1S/C16H21N7O2/c1-22-20-15(19-21-22)12-5-7-13(8-6-12)18-16(25)17-9-3-11-23-10-2-4-14(23)24/h5-8H,2-4,9-11H2,1H3,(H2,17,18,25). The average Bonchev–Trinajstić information content (AvgIpc) is 3.21. The van der Waals surface area contributed by atoms with Gasteiger partial charge in [0.05, 0.1) is 7.05 Å². The zero-order valence-corrected chi connectivity index (χ0v) is 14.1. The number of nitrogens with one attached hydrogen (secondary N) is 2. The van der Waals surface area contributed by atoms with Crippen LogP contribution in [0.5, 0.6) is 0 Å². The zero-order valence-electron chi connectivity index (χ0n) is 14.1. The van der Waals surface area contributed by atoms with Gasteiger partial charge in [0.15, 0.2) is 0 Å². The molecule has 3 amide bonds. The first-order chi connectivity index (χ1) is 12.1. The van der Waals surface area contributed by atoms with Crippen molar-refractivity contribution in [1.29, 1.82) is 0 Å². The van der Waals surface area contributed by atoms with Crippen LogP contribution in [-0.2, 0) is 11.8 Å². The third kappa shape index (κ3) is 4.52. The molecule has 2 N–H and O–H groups in total. The second kappa shape index (κ2) is 7.73. The summed E-state index contributed by atoms with van der Waals surface area (Å²) in [7, 11) is 1.70. The van der Waals surface area contributed by atoms with Gasteiger partial charge in [0.2, 0.25) is 11.7 Å². The minimum Gasteiger partial charge on any atom is -0.343 e. The highest BCUT2D eigenvalue weighted by molar-refractivity contribution is 5.89. The fourth-order valence-corrected chi connectivity index (χ4v) is 2.69. The van der Waals surface area contributed by atoms with Gasteiger partial charge >= 0.3 is 6.03 Å². The molecule has 1 fully saturated rings. The van der Waals surface area contributed by atoms with Crippen LogP contribution in [0.3, 0.4) is 0 Å². The molecule has 2 heterocycles. The molecule has 1 aromatic heterocycles. The van der Waals surface area contributed by atoms with E-state index in [-0.39, 0.29) is 11.9 Å². The number of anilines is 1. The molecule has 1 aliphatic heterocycles. The Morgan fingerprint density at radius 1 is 1.28 bits per heavy atom. The van der Waals surface area contributed by atoms with Crippen molar-refractivity contribution in [2.45, 2.75) is 19.3 Å². The minimum atomic E-state index is -0.266. The lowest BCUT2D eigenvalue weighted by molar-refractivity contribution is -0.127. The Balaban J connectivity index is 1.41. The van der Waals surface area contributed by atoms with Crippen LogP contribution in [0.2, 0.25) is 0 Å². The lowest BCUT2D eigenvalue weighted by atomic mass is 10.2. The van der Waals surface area contributed by atoms with Gasteiger partial charge in [0, 0.05) is 37.3 Å². The number of amides is 3. The summed E-state index contributed by atoms with van der Waals surface area (Å²) in [5.41, 5.74) is 1.51. The molecule has 0 bridgehead atoms. The molecule has 0 spiro atoms. The van der Waals surface area contributed by atoms with Crippen LogP contribution in [0.15, 0.2) is 24.3 Å². The summed E-state index contributed by atoms with van der Waals surface area (Å²) >= 11 is 0. The van der Waals surface area contributed by atoms with E-state index in [1.54, 1.807) is 19.2 Å². The first-order valence-corrected chi connectivity index (χ1v) is 8.29. The Labute approximate surface area is 145 Å². The predicted molar refractivity (Wildman–Crippen MR) is 91.7 cm³/mol. The summed E-state index contributed by atoms with van der Waals surface area (Å²) < 4.78 is 0. The molecule has 1 aliphatic rings. The summed E-state index contributed by atoms with van der Waals surface area (Å²) in [6.07, 6.45) is 2.33. The molecule has 0 saturated carbocycles. The van der Waals surface area contributed by atoms with E-state index >= 15 is 0 Å². The lowest BCUT2D eigenvalue weighted by Gasteiger charge is -2.15. The third-order valence-corrected chi connectivity index (χ3v) is 3.97. The summed E-state index contributed by atoms with van der Waals surface area (Å²) in [5.74, 6) is 0.747. The van der Waals surface area contributed by atoms with Gasteiger partial charge in [-0.1, -0.05) is 0 Å². The largest absolute Gasteiger partial charge is 0.343 e. The number of carbonyl (C=O) groups excluding carboxylic acids is 2. The average molecular weight is 343 g/mol. The maximum Gasteiger partial charge on any atom is 0.319 e. The normalized spacial score (nSPS) is 14.0. The highest BCUT2D eigenvalue weighted by atomic mass is 16.2. The first kappa shape index (κ1) is 16.9. The van der Waals surface area contributed by atoms with E-state index in [9.17, 15) is 9.59 Å². The van der Waals surface area contributed by atoms with E-state index in [1.807, 2.05) is 17.0 Å². The van der Waals surface area contributed by atoms with Gasteiger partial charge in [0.25, 0.3) is 0 Å². The highest BCUT2D eigenvalue weighted by Crippen LogP contribution is 2.17. The summed E-state index contributed by atoms with van der Waals surface area (Å²) in [4.78, 5) is 26.6. The Kier molecular flexibility index (Phi) is 5.22. The lowest BCUT2D eigenvalue weighted by Crippen LogP contribution is -2.32. The summed E-state index contributed by atoms with van der Waals surface area (Å²) in [6, 6.07) is 6.96. The number of rotatable bonds is 6. The molecular formula is C16H21N7O2. The topological polar surface area (TPSA) is 105 Å². The molecule has 9 heteroatoms. The van der Waals surface area contributed by atoms with Crippen molar-refractivity contribution in [2.75, 3.05) is 25.0 Å². The molecule has 0 radical (unpaired) electrons. The zero-order chi connectivity index (χ0) is 17.6. The maximum absolute atomic E-state index is 11.9. The Morgan fingerprint density at radius 2 is 2.08 bits per heavy atom. The van der Waals surface area contributed by atoms with Crippen LogP contribution in [0.4, 0.5) is 10.5 Å². The quantitative estimate of drug-likeness (QED) is 0.762. The van der Waals surface area contributed by atoms with Crippen molar-refractivity contribution in [3.05, 3.63) is 24.3 Å². The number of urea groups is 1. The van der Waals surface area contributed by atoms with Gasteiger partial charge in [-0.05, 0) is 42.3 Å². The molecule has 132 valence electrons. The Hall–Kier alpha value is -2.97. The molecule has 25 heavy (non-hydrogen) atoms. The van der Waals surface area contributed by atoms with E-state index < -0.39 is 0 Å². The van der Waals surface area contributed by atoms with E-state index in [2.05, 4.69) is 26.0 Å². The number of carbonyl (C=O) groups is 2. The molecule has 0 unspecified atom stereocenters. The van der Waals surface area contributed by atoms with Crippen LogP contribution >= 0.6 is 0 Å². The molecular weight excluding hydrogens is 322 g/mol. The van der Waals surface area contributed by atoms with Crippen molar-refractivity contribution < 1.29 is 9.59 Å². The fourth-order valence-electron chi connectivity index (χ4n) is 2.69. The van der Waals surface area contributed by atoms with E-state index in [0.29, 0.717) is 31.0 Å².